The standard InChI is InChI=1S/C18H24N2O2/c1-13-5-2-3-6-15(13)11-19-17(21)16-7-4-10-20(12-16)18(22)14-8-9-14/h2-3,5-6,14,16H,4,7-12H2,1H3,(H,19,21)/t16-/m0/s1. The number of likely N-dealkylation sites (tertiary alicyclic amines) is 1. The Labute approximate surface area is 131 Å². The summed E-state index contributed by atoms with van der Waals surface area (Å²) in [5.74, 6) is 0.530. The molecule has 1 atom stereocenters. The molecule has 1 saturated heterocycles. The molecule has 1 aromatic rings. The lowest BCUT2D eigenvalue weighted by Gasteiger charge is -2.32. The Morgan fingerprint density at radius 2 is 1.95 bits per heavy atom. The van der Waals surface area contributed by atoms with Crippen molar-refractivity contribution in [2.75, 3.05) is 13.1 Å². The molecule has 0 radical (unpaired) electrons. The molecule has 22 heavy (non-hydrogen) atoms. The number of hydrogen-bond donors (Lipinski definition) is 1. The lowest BCUT2D eigenvalue weighted by atomic mass is 9.96. The van der Waals surface area contributed by atoms with Gasteiger partial charge in [-0.25, -0.2) is 0 Å². The Bertz CT molecular complexity index is 566. The largest absolute Gasteiger partial charge is 0.352 e. The van der Waals surface area contributed by atoms with Crippen molar-refractivity contribution in [3.8, 4) is 0 Å². The van der Waals surface area contributed by atoms with Crippen molar-refractivity contribution in [2.24, 2.45) is 11.8 Å². The zero-order valence-corrected chi connectivity index (χ0v) is 13.2. The number of carbonyl (C=O) groups is 2. The zero-order valence-electron chi connectivity index (χ0n) is 13.2. The Morgan fingerprint density at radius 3 is 2.68 bits per heavy atom. The molecule has 0 bridgehead atoms. The van der Waals surface area contributed by atoms with Crippen molar-refractivity contribution in [2.45, 2.75) is 39.2 Å². The Balaban J connectivity index is 1.53. The second-order valence-corrected chi connectivity index (χ2v) is 6.54. The van der Waals surface area contributed by atoms with Crippen LogP contribution in [0.4, 0.5) is 0 Å². The molecule has 0 aromatic heterocycles. The molecule has 1 heterocycles. The first-order chi connectivity index (χ1) is 10.6. The van der Waals surface area contributed by atoms with E-state index in [-0.39, 0.29) is 23.7 Å². The summed E-state index contributed by atoms with van der Waals surface area (Å²) in [6.45, 7) is 4.03. The fourth-order valence-corrected chi connectivity index (χ4v) is 3.11. The van der Waals surface area contributed by atoms with Crippen molar-refractivity contribution in [3.63, 3.8) is 0 Å². The Kier molecular flexibility index (Phi) is 4.46. The maximum atomic E-state index is 12.4. The van der Waals surface area contributed by atoms with Gasteiger partial charge in [0, 0.05) is 25.6 Å². The van der Waals surface area contributed by atoms with Crippen LogP contribution in [0, 0.1) is 18.8 Å². The van der Waals surface area contributed by atoms with Crippen LogP contribution in [0.1, 0.15) is 36.8 Å². The van der Waals surface area contributed by atoms with Gasteiger partial charge in [0.1, 0.15) is 0 Å². The molecular formula is C18H24N2O2. The first-order valence-corrected chi connectivity index (χ1v) is 8.26. The maximum absolute atomic E-state index is 12.4. The van der Waals surface area contributed by atoms with Crippen molar-refractivity contribution in [3.05, 3.63) is 35.4 Å². The minimum absolute atomic E-state index is 0.0551. The van der Waals surface area contributed by atoms with Crippen LogP contribution in [-0.4, -0.2) is 29.8 Å². The van der Waals surface area contributed by atoms with E-state index in [1.54, 1.807) is 0 Å². The Hall–Kier alpha value is -1.84. The quantitative estimate of drug-likeness (QED) is 0.927. The molecule has 4 heteroatoms. The topological polar surface area (TPSA) is 49.4 Å². The number of aryl methyl sites for hydroxylation is 1. The van der Waals surface area contributed by atoms with Crippen LogP contribution >= 0.6 is 0 Å². The molecule has 1 saturated carbocycles. The highest BCUT2D eigenvalue weighted by Gasteiger charge is 2.36. The van der Waals surface area contributed by atoms with Crippen molar-refractivity contribution >= 4 is 11.8 Å². The second kappa shape index (κ2) is 6.51. The van der Waals surface area contributed by atoms with Gasteiger partial charge in [-0.3, -0.25) is 9.59 Å². The number of nitrogens with one attached hydrogen (secondary N) is 1. The highest BCUT2D eigenvalue weighted by atomic mass is 16.2. The van der Waals surface area contributed by atoms with Crippen molar-refractivity contribution < 1.29 is 9.59 Å². The molecule has 1 aliphatic carbocycles. The molecule has 4 nitrogen and oxygen atoms in total. The number of benzene rings is 1. The zero-order chi connectivity index (χ0) is 15.5. The van der Waals surface area contributed by atoms with Gasteiger partial charge in [0.2, 0.25) is 11.8 Å². The maximum Gasteiger partial charge on any atom is 0.225 e. The van der Waals surface area contributed by atoms with Crippen molar-refractivity contribution in [1.29, 1.82) is 0 Å². The average Bonchev–Trinajstić information content (AvgIpc) is 3.38. The Morgan fingerprint density at radius 1 is 1.18 bits per heavy atom. The van der Waals surface area contributed by atoms with Crippen LogP contribution in [0.15, 0.2) is 24.3 Å². The number of piperidine rings is 1. The third kappa shape index (κ3) is 3.49. The number of rotatable bonds is 4. The van der Waals surface area contributed by atoms with Gasteiger partial charge < -0.3 is 10.2 Å². The van der Waals surface area contributed by atoms with Crippen molar-refractivity contribution in [1.82, 2.24) is 10.2 Å². The number of amides is 2. The van der Waals surface area contributed by atoms with Crippen LogP contribution < -0.4 is 5.32 Å². The summed E-state index contributed by atoms with van der Waals surface area (Å²) in [4.78, 5) is 26.4. The van der Waals surface area contributed by atoms with Crippen LogP contribution in [0.5, 0.6) is 0 Å². The molecule has 118 valence electrons. The third-order valence-corrected chi connectivity index (χ3v) is 4.74. The first-order valence-electron chi connectivity index (χ1n) is 8.26. The summed E-state index contributed by atoms with van der Waals surface area (Å²) in [6.07, 6.45) is 3.87. The highest BCUT2D eigenvalue weighted by Crippen LogP contribution is 2.32. The summed E-state index contributed by atoms with van der Waals surface area (Å²) in [5.41, 5.74) is 2.34. The molecule has 0 unspecified atom stereocenters. The number of carbonyl (C=O) groups excluding carboxylic acids is 2. The molecule has 3 rings (SSSR count). The van der Waals surface area contributed by atoms with E-state index in [0.29, 0.717) is 13.1 Å². The van der Waals surface area contributed by atoms with E-state index < -0.39 is 0 Å². The molecule has 1 N–H and O–H groups in total. The van der Waals surface area contributed by atoms with Crippen LogP contribution in [0.2, 0.25) is 0 Å². The normalized spacial score (nSPS) is 21.5. The van der Waals surface area contributed by atoms with Crippen LogP contribution in [0.25, 0.3) is 0 Å². The fourth-order valence-electron chi connectivity index (χ4n) is 3.11. The van der Waals surface area contributed by atoms with Gasteiger partial charge in [0.05, 0.1) is 5.92 Å². The molecule has 1 aromatic carbocycles. The molecule has 2 amide bonds. The summed E-state index contributed by atoms with van der Waals surface area (Å²) < 4.78 is 0. The van der Waals surface area contributed by atoms with E-state index in [1.165, 1.54) is 5.56 Å². The third-order valence-electron chi connectivity index (χ3n) is 4.74. The van der Waals surface area contributed by atoms with Crippen LogP contribution in [0.3, 0.4) is 0 Å². The predicted octanol–water partition coefficient (Wildman–Crippen LogP) is 2.26. The molecular weight excluding hydrogens is 276 g/mol. The number of hydrogen-bond acceptors (Lipinski definition) is 2. The monoisotopic (exact) mass is 300 g/mol. The molecule has 2 fully saturated rings. The fraction of sp³-hybridized carbons (Fsp3) is 0.556. The second-order valence-electron chi connectivity index (χ2n) is 6.54. The van der Waals surface area contributed by atoms with Crippen LogP contribution in [-0.2, 0) is 16.1 Å². The molecule has 2 aliphatic rings. The van der Waals surface area contributed by atoms with Gasteiger partial charge in [0.25, 0.3) is 0 Å². The van der Waals surface area contributed by atoms with E-state index >= 15 is 0 Å². The number of nitrogens with zero attached hydrogens (tertiary/aromatic N) is 1. The van der Waals surface area contributed by atoms with E-state index in [1.807, 2.05) is 23.1 Å². The SMILES string of the molecule is Cc1ccccc1CNC(=O)[C@H]1CCCN(C(=O)C2CC2)C1. The van der Waals surface area contributed by atoms with Gasteiger partial charge >= 0.3 is 0 Å². The van der Waals surface area contributed by atoms with Gasteiger partial charge in [-0.1, -0.05) is 24.3 Å². The minimum Gasteiger partial charge on any atom is -0.352 e. The lowest BCUT2D eigenvalue weighted by Crippen LogP contribution is -2.45. The summed E-state index contributed by atoms with van der Waals surface area (Å²) in [6, 6.07) is 8.09. The van der Waals surface area contributed by atoms with Gasteiger partial charge in [-0.15, -0.1) is 0 Å². The highest BCUT2D eigenvalue weighted by molar-refractivity contribution is 5.83. The smallest absolute Gasteiger partial charge is 0.225 e. The van der Waals surface area contributed by atoms with E-state index in [0.717, 1.165) is 37.8 Å². The average molecular weight is 300 g/mol. The lowest BCUT2D eigenvalue weighted by molar-refractivity contribution is -0.136. The summed E-state index contributed by atoms with van der Waals surface area (Å²) >= 11 is 0. The van der Waals surface area contributed by atoms with Gasteiger partial charge in [-0.2, -0.15) is 0 Å². The molecule has 1 aliphatic heterocycles. The summed E-state index contributed by atoms with van der Waals surface area (Å²) in [5, 5.41) is 3.04. The molecule has 0 spiro atoms. The van der Waals surface area contributed by atoms with E-state index in [2.05, 4.69) is 18.3 Å². The minimum atomic E-state index is -0.0551. The van der Waals surface area contributed by atoms with E-state index in [9.17, 15) is 9.59 Å². The van der Waals surface area contributed by atoms with Gasteiger partial charge in [-0.05, 0) is 43.7 Å². The van der Waals surface area contributed by atoms with Gasteiger partial charge in [0.15, 0.2) is 0 Å². The van der Waals surface area contributed by atoms with E-state index in [4.69, 9.17) is 0 Å². The summed E-state index contributed by atoms with van der Waals surface area (Å²) in [7, 11) is 0. The first kappa shape index (κ1) is 15.1. The predicted molar refractivity (Wildman–Crippen MR) is 85.1 cm³/mol.